The molecule has 7 heteroatoms. The molecule has 0 aromatic rings. The predicted octanol–water partition coefficient (Wildman–Crippen LogP) is -2.63. The second-order valence-electron chi connectivity index (χ2n) is 0.408. The minimum Gasteiger partial charge on any atom is -0.759 e. The van der Waals surface area contributed by atoms with Gasteiger partial charge < -0.3 is 9.11 Å². The van der Waals surface area contributed by atoms with Crippen molar-refractivity contribution in [1.82, 2.24) is 0 Å². The third-order valence-electron chi connectivity index (χ3n) is 0. The molecule has 7 heavy (non-hydrogen) atoms. The molecule has 0 aliphatic rings. The van der Waals surface area contributed by atoms with E-state index in [1.54, 1.807) is 0 Å². The smallest absolute Gasteiger partial charge is 0.759 e. The molecular formula is H2CaMgO4S. The van der Waals surface area contributed by atoms with Crippen LogP contribution in [0, 0.1) is 0 Å². The zero-order valence-electron chi connectivity index (χ0n) is 2.75. The Morgan fingerprint density at radius 3 is 1.14 bits per heavy atom. The zero-order chi connectivity index (χ0) is 4.50. The SMILES string of the molecule is O=S(=O)([O-])[O-].[Ca+2].[MgH2]. The predicted molar refractivity (Wildman–Crippen MR) is 24.8 cm³/mol. The van der Waals surface area contributed by atoms with Crippen LogP contribution in [-0.4, -0.2) is 78.3 Å². The molecule has 0 fully saturated rings. The van der Waals surface area contributed by atoms with Crippen molar-refractivity contribution in [2.24, 2.45) is 0 Å². The first kappa shape index (κ1) is 16.0. The van der Waals surface area contributed by atoms with Crippen molar-refractivity contribution in [3.63, 3.8) is 0 Å². The molecule has 4 nitrogen and oxygen atoms in total. The second kappa shape index (κ2) is 6.02. The molecule has 0 rings (SSSR count). The third kappa shape index (κ3) is 76.4. The molecule has 0 heterocycles. The normalized spacial score (nSPS) is 8.29. The van der Waals surface area contributed by atoms with Crippen LogP contribution in [0.15, 0.2) is 0 Å². The maximum Gasteiger partial charge on any atom is 2.00 e. The van der Waals surface area contributed by atoms with Crippen molar-refractivity contribution in [3.05, 3.63) is 0 Å². The fourth-order valence-corrected chi connectivity index (χ4v) is 0. The molecule has 0 saturated carbocycles. The molecule has 0 saturated heterocycles. The molecule has 36 valence electrons. The molecule has 0 aromatic carbocycles. The Labute approximate surface area is 87.4 Å². The Morgan fingerprint density at radius 2 is 1.14 bits per heavy atom. The average molecular weight is 162 g/mol. The fourth-order valence-electron chi connectivity index (χ4n) is 0. The van der Waals surface area contributed by atoms with Gasteiger partial charge in [-0.05, 0) is 0 Å². The van der Waals surface area contributed by atoms with Crippen LogP contribution in [0.4, 0.5) is 0 Å². The molecule has 0 aliphatic carbocycles. The molecule has 0 bridgehead atoms. The standard InChI is InChI=1S/Ca.Mg.H2O4S.2H/c;;1-5(2,3)4;;/h;;(H2,1,2,3,4);;/q+2;;;;/p-2. The van der Waals surface area contributed by atoms with Gasteiger partial charge in [-0.25, -0.2) is 0 Å². The Morgan fingerprint density at radius 1 is 1.14 bits per heavy atom. The van der Waals surface area contributed by atoms with Crippen LogP contribution in [-0.2, 0) is 10.4 Å². The summed E-state index contributed by atoms with van der Waals surface area (Å²) >= 11 is 0. The zero-order valence-corrected chi connectivity index (χ0v) is 5.77. The number of hydrogen-bond acceptors (Lipinski definition) is 4. The summed E-state index contributed by atoms with van der Waals surface area (Å²) in [6.07, 6.45) is 0. The van der Waals surface area contributed by atoms with Crippen LogP contribution < -0.4 is 0 Å². The molecule has 0 aliphatic heterocycles. The molecule has 0 radical (unpaired) electrons. The van der Waals surface area contributed by atoms with Gasteiger partial charge in [-0.15, -0.1) is 0 Å². The van der Waals surface area contributed by atoms with E-state index < -0.39 is 10.4 Å². The fraction of sp³-hybridized carbons (Fsp3) is 0. The summed E-state index contributed by atoms with van der Waals surface area (Å²) in [5.74, 6) is 0. The molecule has 0 N–H and O–H groups in total. The van der Waals surface area contributed by atoms with E-state index in [4.69, 9.17) is 17.5 Å². The summed E-state index contributed by atoms with van der Waals surface area (Å²) < 4.78 is 34.1. The molecule has 0 unspecified atom stereocenters. The van der Waals surface area contributed by atoms with Gasteiger partial charge in [0.15, 0.2) is 0 Å². The maximum atomic E-state index is 8.52. The Kier molecular flexibility index (Phi) is 13.7. The van der Waals surface area contributed by atoms with Gasteiger partial charge in [-0.2, -0.15) is 0 Å². The van der Waals surface area contributed by atoms with E-state index in [-0.39, 0.29) is 60.8 Å². The van der Waals surface area contributed by atoms with Crippen molar-refractivity contribution in [2.75, 3.05) is 0 Å². The summed E-state index contributed by atoms with van der Waals surface area (Å²) in [6, 6.07) is 0. The van der Waals surface area contributed by atoms with E-state index in [1.165, 1.54) is 0 Å². The van der Waals surface area contributed by atoms with Gasteiger partial charge in [0.1, 0.15) is 0 Å². The van der Waals surface area contributed by atoms with Crippen LogP contribution in [0.1, 0.15) is 0 Å². The first-order chi connectivity index (χ1) is 2.00. The van der Waals surface area contributed by atoms with Gasteiger partial charge in [0, 0.05) is 10.4 Å². The maximum absolute atomic E-state index is 8.52. The number of hydrogen-bond donors (Lipinski definition) is 0. The van der Waals surface area contributed by atoms with E-state index in [2.05, 4.69) is 0 Å². The van der Waals surface area contributed by atoms with E-state index >= 15 is 0 Å². The average Bonchev–Trinajstić information content (AvgIpc) is 0.722. The summed E-state index contributed by atoms with van der Waals surface area (Å²) in [4.78, 5) is 0. The summed E-state index contributed by atoms with van der Waals surface area (Å²) in [6.45, 7) is 0. The van der Waals surface area contributed by atoms with Gasteiger partial charge in [0.25, 0.3) is 0 Å². The number of rotatable bonds is 0. The molecular weight excluding hydrogens is 160 g/mol. The third-order valence-corrected chi connectivity index (χ3v) is 0. The molecule has 0 atom stereocenters. The van der Waals surface area contributed by atoms with E-state index in [9.17, 15) is 0 Å². The van der Waals surface area contributed by atoms with Gasteiger partial charge in [-0.1, -0.05) is 0 Å². The van der Waals surface area contributed by atoms with Gasteiger partial charge in [0.2, 0.25) is 0 Å². The Hall–Kier alpha value is 1.90. The Bertz CT molecular complexity index is 94.9. The van der Waals surface area contributed by atoms with Crippen LogP contribution in [0.25, 0.3) is 0 Å². The first-order valence-electron chi connectivity index (χ1n) is 0.667. The van der Waals surface area contributed by atoms with Crippen molar-refractivity contribution >= 4 is 71.2 Å². The van der Waals surface area contributed by atoms with Crippen LogP contribution in [0.2, 0.25) is 0 Å². The summed E-state index contributed by atoms with van der Waals surface area (Å²) in [5, 5.41) is 0. The van der Waals surface area contributed by atoms with Crippen LogP contribution >= 0.6 is 0 Å². The molecule has 0 aromatic heterocycles. The largest absolute Gasteiger partial charge is 2.00 e. The van der Waals surface area contributed by atoms with Crippen molar-refractivity contribution < 1.29 is 17.5 Å². The van der Waals surface area contributed by atoms with Crippen molar-refractivity contribution in [1.29, 1.82) is 0 Å². The van der Waals surface area contributed by atoms with E-state index in [1.807, 2.05) is 0 Å². The van der Waals surface area contributed by atoms with Crippen molar-refractivity contribution in [3.8, 4) is 0 Å². The van der Waals surface area contributed by atoms with Gasteiger partial charge in [0.05, 0.1) is 0 Å². The Balaban J connectivity index is -0.0000000800. The molecule has 0 amide bonds. The van der Waals surface area contributed by atoms with E-state index in [0.29, 0.717) is 0 Å². The minimum atomic E-state index is -5.17. The summed E-state index contributed by atoms with van der Waals surface area (Å²) in [7, 11) is -5.17. The summed E-state index contributed by atoms with van der Waals surface area (Å²) in [5.41, 5.74) is 0. The van der Waals surface area contributed by atoms with E-state index in [0.717, 1.165) is 0 Å². The van der Waals surface area contributed by atoms with Gasteiger partial charge >= 0.3 is 60.8 Å². The van der Waals surface area contributed by atoms with Gasteiger partial charge in [-0.3, -0.25) is 8.42 Å². The van der Waals surface area contributed by atoms with Crippen LogP contribution in [0.5, 0.6) is 0 Å². The van der Waals surface area contributed by atoms with Crippen molar-refractivity contribution in [2.45, 2.75) is 0 Å². The first-order valence-corrected chi connectivity index (χ1v) is 2.00. The molecule has 0 spiro atoms. The van der Waals surface area contributed by atoms with Crippen LogP contribution in [0.3, 0.4) is 0 Å². The quantitative estimate of drug-likeness (QED) is 0.222. The monoisotopic (exact) mass is 162 g/mol. The minimum absolute atomic E-state index is 0. The topological polar surface area (TPSA) is 80.3 Å². The second-order valence-corrected chi connectivity index (χ2v) is 1.22.